The number of hydrogen-bond donors (Lipinski definition) is 0. The fraction of sp³-hybridized carbons (Fsp3) is 0.172. The van der Waals surface area contributed by atoms with E-state index in [4.69, 9.17) is 0 Å². The van der Waals surface area contributed by atoms with Crippen LogP contribution in [0.25, 0.3) is 16.3 Å². The van der Waals surface area contributed by atoms with E-state index in [2.05, 4.69) is 56.3 Å². The predicted molar refractivity (Wildman–Crippen MR) is 141 cm³/mol. The number of benzene rings is 2. The van der Waals surface area contributed by atoms with Gasteiger partial charge in [0.1, 0.15) is 0 Å². The maximum Gasteiger partial charge on any atom is 0 e. The summed E-state index contributed by atoms with van der Waals surface area (Å²) >= 11 is 0. The van der Waals surface area contributed by atoms with Gasteiger partial charge in [-0.3, -0.25) is 6.08 Å². The average Bonchev–Trinajstić information content (AvgIpc) is 3.20. The minimum Gasteiger partial charge on any atom is -0.358 e. The van der Waals surface area contributed by atoms with Crippen molar-refractivity contribution in [1.29, 1.82) is 0 Å². The molecule has 0 aromatic heterocycles. The Morgan fingerprint density at radius 1 is 0.800 bits per heavy atom. The van der Waals surface area contributed by atoms with Gasteiger partial charge in [-0.2, -0.15) is 23.8 Å². The Hall–Kier alpha value is -1.34. The molecule has 0 unspecified atom stereocenters. The molecule has 0 spiro atoms. The van der Waals surface area contributed by atoms with Crippen molar-refractivity contribution in [3.63, 3.8) is 0 Å². The van der Waals surface area contributed by atoms with E-state index < -0.39 is 0 Å². The van der Waals surface area contributed by atoms with E-state index in [1.165, 1.54) is 27.5 Å². The summed E-state index contributed by atoms with van der Waals surface area (Å²) in [7, 11) is 0. The molecule has 0 radical (unpaired) electrons. The van der Waals surface area contributed by atoms with Crippen LogP contribution in [0.1, 0.15) is 31.4 Å². The van der Waals surface area contributed by atoms with E-state index in [-0.39, 0.29) is 77.8 Å². The summed E-state index contributed by atoms with van der Waals surface area (Å²) in [6, 6.07) is 23.2. The molecule has 30 heavy (non-hydrogen) atoms. The molecule has 0 N–H and O–H groups in total. The molecule has 172 valence electrons. The van der Waals surface area contributed by atoms with Crippen LogP contribution >= 0.6 is 0 Å². The van der Waals surface area contributed by atoms with Gasteiger partial charge in [-0.1, -0.05) is 62.1 Å². The molecule has 0 bridgehead atoms. The SMILES string of the molecule is CC(C)CC1=[C-]Cc2ccc3ccccc3c21.[CH3-].[CH3-].[CH3-].[CH3-].[CH3-].[CH3-].[CH3-].[Hf].c1cc[cH-]c1. The van der Waals surface area contributed by atoms with Crippen LogP contribution < -0.4 is 0 Å². The normalized spacial score (nSPS) is 9.37. The van der Waals surface area contributed by atoms with Crippen LogP contribution in [0.3, 0.4) is 0 Å². The molecule has 0 heterocycles. The van der Waals surface area contributed by atoms with Gasteiger partial charge in [0.15, 0.2) is 0 Å². The molecule has 4 rings (SSSR count). The van der Waals surface area contributed by atoms with Crippen LogP contribution in [-0.2, 0) is 32.3 Å². The molecular formula is C29H43Hf-9. The molecule has 3 aromatic carbocycles. The molecule has 1 aliphatic carbocycles. The first-order valence-corrected chi connectivity index (χ1v) is 8.03. The third-order valence-corrected chi connectivity index (χ3v) is 3.98. The molecule has 3 aromatic rings. The fourth-order valence-corrected chi connectivity index (χ4v) is 3.01. The monoisotopic (exact) mass is 571 g/mol. The van der Waals surface area contributed by atoms with Crippen molar-refractivity contribution in [3.8, 4) is 0 Å². The predicted octanol–water partition coefficient (Wildman–Crippen LogP) is 9.18. The first-order valence-electron chi connectivity index (χ1n) is 8.03. The Kier molecular flexibility index (Phi) is 29.8. The Balaban J connectivity index is -0.0000000997. The summed E-state index contributed by atoms with van der Waals surface area (Å²) in [5.74, 6) is 0.697. The van der Waals surface area contributed by atoms with Crippen LogP contribution in [0, 0.1) is 64.0 Å². The van der Waals surface area contributed by atoms with Gasteiger partial charge in [0.25, 0.3) is 0 Å². The molecule has 0 saturated heterocycles. The first kappa shape index (κ1) is 42.7. The van der Waals surface area contributed by atoms with Crippen molar-refractivity contribution in [3.05, 3.63) is 136 Å². The van der Waals surface area contributed by atoms with Crippen LogP contribution in [-0.4, -0.2) is 0 Å². The molecule has 0 saturated carbocycles. The van der Waals surface area contributed by atoms with E-state index in [0.29, 0.717) is 5.92 Å². The van der Waals surface area contributed by atoms with Crippen molar-refractivity contribution in [1.82, 2.24) is 0 Å². The van der Waals surface area contributed by atoms with E-state index in [1.54, 1.807) is 0 Å². The Bertz CT molecular complexity index is 747. The first-order chi connectivity index (χ1) is 10.8. The standard InChI is InChI=1S/C17H17.C5H5.7CH3.Hf/c1-12(2)11-15-10-9-14-8-7-13-5-3-4-6-16(13)17(14)15;1-2-4-5-3-1;;;;;;;;/h3-8,12H,9,11H2,1-2H3;1-5H;7*1H3;/q9*-1;. The topological polar surface area (TPSA) is 0 Å². The Morgan fingerprint density at radius 2 is 1.37 bits per heavy atom. The molecule has 0 amide bonds. The van der Waals surface area contributed by atoms with Gasteiger partial charge in [-0.25, -0.2) is 17.7 Å². The van der Waals surface area contributed by atoms with Crippen molar-refractivity contribution in [2.24, 2.45) is 5.92 Å². The minimum atomic E-state index is 0. The van der Waals surface area contributed by atoms with Crippen LogP contribution in [0.4, 0.5) is 0 Å². The van der Waals surface area contributed by atoms with Gasteiger partial charge < -0.3 is 52.0 Å². The van der Waals surface area contributed by atoms with Crippen LogP contribution in [0.2, 0.25) is 0 Å². The van der Waals surface area contributed by atoms with Gasteiger partial charge in [0.05, 0.1) is 0 Å². The summed E-state index contributed by atoms with van der Waals surface area (Å²) < 4.78 is 0. The van der Waals surface area contributed by atoms with Crippen molar-refractivity contribution in [2.45, 2.75) is 26.7 Å². The van der Waals surface area contributed by atoms with E-state index in [9.17, 15) is 0 Å². The molecule has 0 fully saturated rings. The second kappa shape index (κ2) is 20.9. The molecule has 0 nitrogen and oxygen atoms in total. The minimum absolute atomic E-state index is 0. The summed E-state index contributed by atoms with van der Waals surface area (Å²) in [6.45, 7) is 4.55. The quantitative estimate of drug-likeness (QED) is 0.213. The third-order valence-electron chi connectivity index (χ3n) is 3.98. The maximum atomic E-state index is 3.56. The number of allylic oxidation sites excluding steroid dienone is 2. The third kappa shape index (κ3) is 10.6. The average molecular weight is 570 g/mol. The smallest absolute Gasteiger partial charge is 0 e. The zero-order valence-corrected chi connectivity index (χ0v) is 24.4. The van der Waals surface area contributed by atoms with Crippen molar-refractivity contribution in [2.75, 3.05) is 0 Å². The van der Waals surface area contributed by atoms with E-state index in [0.717, 1.165) is 12.8 Å². The molecule has 0 atom stereocenters. The Morgan fingerprint density at radius 3 is 1.87 bits per heavy atom. The molecule has 0 aliphatic heterocycles. The van der Waals surface area contributed by atoms with E-state index in [1.807, 2.05) is 30.3 Å². The maximum absolute atomic E-state index is 3.56. The zero-order valence-electron chi connectivity index (χ0n) is 20.8. The summed E-state index contributed by atoms with van der Waals surface area (Å²) in [4.78, 5) is 0. The largest absolute Gasteiger partial charge is 0.358 e. The number of hydrogen-bond acceptors (Lipinski definition) is 0. The van der Waals surface area contributed by atoms with Crippen molar-refractivity contribution < 1.29 is 25.8 Å². The molecule has 1 aliphatic rings. The van der Waals surface area contributed by atoms with Crippen LogP contribution in [0.15, 0.2) is 66.7 Å². The van der Waals surface area contributed by atoms with Gasteiger partial charge in [0, 0.05) is 25.8 Å². The second-order valence-electron chi connectivity index (χ2n) is 6.21. The fourth-order valence-electron chi connectivity index (χ4n) is 3.01. The van der Waals surface area contributed by atoms with Gasteiger partial charge in [-0.15, -0.1) is 12.0 Å². The number of rotatable bonds is 2. The van der Waals surface area contributed by atoms with Gasteiger partial charge in [0.2, 0.25) is 0 Å². The van der Waals surface area contributed by atoms with Gasteiger partial charge >= 0.3 is 0 Å². The number of fused-ring (bicyclic) bond motifs is 3. The summed E-state index contributed by atoms with van der Waals surface area (Å²) in [5, 5.41) is 2.74. The zero-order chi connectivity index (χ0) is 15.4. The molecule has 1 heteroatoms. The van der Waals surface area contributed by atoms with E-state index >= 15 is 0 Å². The molecular weight excluding hydrogens is 527 g/mol. The van der Waals surface area contributed by atoms with Crippen molar-refractivity contribution >= 4 is 16.3 Å². The Labute approximate surface area is 210 Å². The summed E-state index contributed by atoms with van der Waals surface area (Å²) in [6.07, 6.45) is 5.69. The second-order valence-corrected chi connectivity index (χ2v) is 6.21. The van der Waals surface area contributed by atoms with Crippen LogP contribution in [0.5, 0.6) is 0 Å². The summed E-state index contributed by atoms with van der Waals surface area (Å²) in [5.41, 5.74) is 4.32. The van der Waals surface area contributed by atoms with Gasteiger partial charge in [-0.05, 0) is 11.3 Å².